The van der Waals surface area contributed by atoms with Gasteiger partial charge in [0.1, 0.15) is 0 Å². The number of aromatic nitrogens is 3. The molecule has 0 unspecified atom stereocenters. The van der Waals surface area contributed by atoms with Gasteiger partial charge in [-0.05, 0) is 50.7 Å². The van der Waals surface area contributed by atoms with Crippen LogP contribution in [0.3, 0.4) is 0 Å². The Morgan fingerprint density at radius 3 is 1.76 bits per heavy atom. The minimum atomic E-state index is -0.545. The third-order valence-corrected chi connectivity index (χ3v) is 11.3. The van der Waals surface area contributed by atoms with Crippen molar-refractivity contribution in [2.45, 2.75) is 5.41 Å². The summed E-state index contributed by atoms with van der Waals surface area (Å²) in [7, 11) is 0. The van der Waals surface area contributed by atoms with Crippen molar-refractivity contribution < 1.29 is 0 Å². The average Bonchev–Trinajstić information content (AvgIpc) is 3.75. The summed E-state index contributed by atoms with van der Waals surface area (Å²) >= 11 is 0. The molecule has 1 aliphatic rings. The van der Waals surface area contributed by atoms with Crippen LogP contribution < -0.4 is 0 Å². The maximum absolute atomic E-state index is 5.51. The zero-order valence-corrected chi connectivity index (χ0v) is 29.4. The van der Waals surface area contributed by atoms with Crippen LogP contribution in [0.2, 0.25) is 0 Å². The molecule has 8 aromatic carbocycles. The van der Waals surface area contributed by atoms with Crippen LogP contribution in [0, 0.1) is 0 Å². The van der Waals surface area contributed by atoms with Crippen LogP contribution in [0.1, 0.15) is 22.3 Å². The van der Waals surface area contributed by atoms with Crippen LogP contribution in [-0.4, -0.2) is 14.5 Å². The third-order valence-electron chi connectivity index (χ3n) is 11.3. The fraction of sp³-hybridized carbons (Fsp3) is 0.0196. The second-order valence-corrected chi connectivity index (χ2v) is 14.1. The molecule has 0 saturated heterocycles. The minimum absolute atomic E-state index is 0.545. The maximum Gasteiger partial charge on any atom is 0.235 e. The van der Waals surface area contributed by atoms with Crippen LogP contribution in [0.15, 0.2) is 200 Å². The molecule has 1 aliphatic carbocycles. The Morgan fingerprint density at radius 2 is 0.981 bits per heavy atom. The first-order valence-corrected chi connectivity index (χ1v) is 18.5. The van der Waals surface area contributed by atoms with Gasteiger partial charge in [0.2, 0.25) is 5.95 Å². The van der Waals surface area contributed by atoms with Gasteiger partial charge in [-0.2, -0.15) is 0 Å². The van der Waals surface area contributed by atoms with Gasteiger partial charge in [0, 0.05) is 27.5 Å². The van der Waals surface area contributed by atoms with E-state index in [2.05, 4.69) is 205 Å². The van der Waals surface area contributed by atoms with Crippen LogP contribution in [0.4, 0.5) is 0 Å². The van der Waals surface area contributed by atoms with E-state index >= 15 is 0 Å². The molecule has 0 amide bonds. The number of para-hydroxylation sites is 2. The topological polar surface area (TPSA) is 30.7 Å². The van der Waals surface area contributed by atoms with Crippen molar-refractivity contribution in [2.75, 3.05) is 0 Å². The van der Waals surface area contributed by atoms with Gasteiger partial charge in [-0.1, -0.05) is 188 Å². The Labute approximate surface area is 313 Å². The van der Waals surface area contributed by atoms with E-state index in [0.29, 0.717) is 5.95 Å². The van der Waals surface area contributed by atoms with Crippen LogP contribution >= 0.6 is 0 Å². The molecule has 0 aliphatic heterocycles. The number of rotatable bonds is 5. The number of fused-ring (bicyclic) bond motifs is 7. The first-order valence-electron chi connectivity index (χ1n) is 18.5. The number of hydrogen-bond acceptors (Lipinski definition) is 2. The third kappa shape index (κ3) is 4.36. The Bertz CT molecular complexity index is 2990. The van der Waals surface area contributed by atoms with Crippen LogP contribution in [-0.2, 0) is 5.41 Å². The number of nitrogens with zero attached hydrogens (tertiary/aromatic N) is 3. The fourth-order valence-electron chi connectivity index (χ4n) is 9.05. The van der Waals surface area contributed by atoms with E-state index in [1.807, 2.05) is 0 Å². The summed E-state index contributed by atoms with van der Waals surface area (Å²) in [6, 6.07) is 71.9. The first-order chi connectivity index (χ1) is 26.8. The van der Waals surface area contributed by atoms with Crippen LogP contribution in [0.5, 0.6) is 0 Å². The molecule has 2 aromatic heterocycles. The lowest BCUT2D eigenvalue weighted by Crippen LogP contribution is -2.28. The summed E-state index contributed by atoms with van der Waals surface area (Å²) < 4.78 is 2.32. The SMILES string of the molecule is c1ccc(C2(c3ccccc3)c3ccccc3-c3c2c2ccccc2n3-c2nc(-c3ccc(-c4cccc5ccccc45)cc3)c3ccccc3n2)cc1. The first kappa shape index (κ1) is 30.5. The minimum Gasteiger partial charge on any atom is -0.278 e. The highest BCUT2D eigenvalue weighted by molar-refractivity contribution is 6.02. The molecule has 11 rings (SSSR count). The molecule has 0 saturated carbocycles. The second kappa shape index (κ2) is 12.0. The van der Waals surface area contributed by atoms with E-state index in [9.17, 15) is 0 Å². The van der Waals surface area contributed by atoms with E-state index in [-0.39, 0.29) is 0 Å². The zero-order chi connectivity index (χ0) is 35.6. The van der Waals surface area contributed by atoms with Crippen molar-refractivity contribution in [3.05, 3.63) is 222 Å². The predicted octanol–water partition coefficient (Wildman–Crippen LogP) is 12.4. The average molecular weight is 688 g/mol. The van der Waals surface area contributed by atoms with Crippen molar-refractivity contribution in [1.29, 1.82) is 0 Å². The summed E-state index contributed by atoms with van der Waals surface area (Å²) in [6.07, 6.45) is 0. The Kier molecular flexibility index (Phi) is 6.77. The van der Waals surface area contributed by atoms with E-state index in [1.165, 1.54) is 55.1 Å². The molecule has 2 heterocycles. The molecule has 0 spiro atoms. The molecule has 54 heavy (non-hydrogen) atoms. The molecule has 252 valence electrons. The van der Waals surface area contributed by atoms with Gasteiger partial charge >= 0.3 is 0 Å². The molecule has 3 heteroatoms. The van der Waals surface area contributed by atoms with E-state index < -0.39 is 5.41 Å². The molecule has 10 aromatic rings. The number of hydrogen-bond donors (Lipinski definition) is 0. The summed E-state index contributed by atoms with van der Waals surface area (Å²) in [5.41, 5.74) is 13.1. The fourth-order valence-corrected chi connectivity index (χ4v) is 9.05. The summed E-state index contributed by atoms with van der Waals surface area (Å²) in [5.74, 6) is 0.658. The lowest BCUT2D eigenvalue weighted by molar-refractivity contribution is 0.775. The summed E-state index contributed by atoms with van der Waals surface area (Å²) in [5, 5.41) is 4.70. The Balaban J connectivity index is 1.18. The molecular formula is C51H33N3. The van der Waals surface area contributed by atoms with Crippen molar-refractivity contribution in [2.24, 2.45) is 0 Å². The zero-order valence-electron chi connectivity index (χ0n) is 29.4. The highest BCUT2D eigenvalue weighted by atomic mass is 15.2. The molecular weight excluding hydrogens is 655 g/mol. The largest absolute Gasteiger partial charge is 0.278 e. The molecule has 0 radical (unpaired) electrons. The maximum atomic E-state index is 5.51. The van der Waals surface area contributed by atoms with Gasteiger partial charge in [0.25, 0.3) is 0 Å². The second-order valence-electron chi connectivity index (χ2n) is 14.1. The summed E-state index contributed by atoms with van der Waals surface area (Å²) in [6.45, 7) is 0. The lowest BCUT2D eigenvalue weighted by Gasteiger charge is -2.33. The predicted molar refractivity (Wildman–Crippen MR) is 222 cm³/mol. The smallest absolute Gasteiger partial charge is 0.235 e. The van der Waals surface area contributed by atoms with Gasteiger partial charge in [-0.15, -0.1) is 0 Å². The molecule has 3 nitrogen and oxygen atoms in total. The standard InChI is InChI=1S/C51H33N3/c1-3-18-37(19-4-1)51(38-20-5-2-6-21-38)44-27-12-9-23-41(44)49-47(51)43-25-11-14-29-46(43)54(49)50-52-45-28-13-10-24-42(45)48(53-50)36-32-30-35(31-33-36)40-26-15-17-34-16-7-8-22-39(34)40/h1-33H. The van der Waals surface area contributed by atoms with Crippen molar-refractivity contribution in [1.82, 2.24) is 14.5 Å². The monoisotopic (exact) mass is 687 g/mol. The van der Waals surface area contributed by atoms with Gasteiger partial charge in [-0.25, -0.2) is 9.97 Å². The molecule has 0 N–H and O–H groups in total. The van der Waals surface area contributed by atoms with Gasteiger partial charge < -0.3 is 0 Å². The number of benzene rings is 8. The van der Waals surface area contributed by atoms with E-state index in [1.54, 1.807) is 0 Å². The normalized spacial score (nSPS) is 13.0. The highest BCUT2D eigenvalue weighted by Crippen LogP contribution is 2.59. The van der Waals surface area contributed by atoms with Crippen molar-refractivity contribution in [3.63, 3.8) is 0 Å². The Hall–Kier alpha value is -7.10. The lowest BCUT2D eigenvalue weighted by atomic mass is 9.67. The molecule has 0 bridgehead atoms. The molecule has 0 atom stereocenters. The van der Waals surface area contributed by atoms with Gasteiger partial charge in [0.05, 0.1) is 27.8 Å². The van der Waals surface area contributed by atoms with Crippen molar-refractivity contribution >= 4 is 32.6 Å². The van der Waals surface area contributed by atoms with Crippen LogP contribution in [0.25, 0.3) is 72.2 Å². The van der Waals surface area contributed by atoms with Crippen molar-refractivity contribution in [3.8, 4) is 39.6 Å². The van der Waals surface area contributed by atoms with E-state index in [0.717, 1.165) is 33.4 Å². The quantitative estimate of drug-likeness (QED) is 0.180. The van der Waals surface area contributed by atoms with Gasteiger partial charge in [-0.3, -0.25) is 4.57 Å². The molecule has 0 fully saturated rings. The van der Waals surface area contributed by atoms with E-state index in [4.69, 9.17) is 9.97 Å². The highest BCUT2D eigenvalue weighted by Gasteiger charge is 2.49. The summed E-state index contributed by atoms with van der Waals surface area (Å²) in [4.78, 5) is 10.9. The van der Waals surface area contributed by atoms with Gasteiger partial charge in [0.15, 0.2) is 0 Å². The Morgan fingerprint density at radius 1 is 0.407 bits per heavy atom.